The molecule has 5 rings (SSSR count). The fourth-order valence-corrected chi connectivity index (χ4v) is 4.18. The molecule has 4 aromatic rings. The number of primary amides is 1. The van der Waals surface area contributed by atoms with Gasteiger partial charge >= 0.3 is 0 Å². The van der Waals surface area contributed by atoms with Crippen LogP contribution in [-0.2, 0) is 4.79 Å². The summed E-state index contributed by atoms with van der Waals surface area (Å²) in [6.45, 7) is 0. The maximum atomic E-state index is 12.2. The number of aromatic nitrogens is 2. The van der Waals surface area contributed by atoms with Crippen LogP contribution in [0.5, 0.6) is 0 Å². The number of hydrogen-bond acceptors (Lipinski definition) is 3. The van der Waals surface area contributed by atoms with Gasteiger partial charge in [-0.2, -0.15) is 0 Å². The number of amides is 2. The average Bonchev–Trinajstić information content (AvgIpc) is 3.31. The molecular formula is C23H18N4O2. The predicted molar refractivity (Wildman–Crippen MR) is 111 cm³/mol. The van der Waals surface area contributed by atoms with Gasteiger partial charge in [-0.3, -0.25) is 9.59 Å². The van der Waals surface area contributed by atoms with Gasteiger partial charge in [0.1, 0.15) is 5.82 Å². The number of imidazole rings is 1. The van der Waals surface area contributed by atoms with E-state index in [0.29, 0.717) is 11.4 Å². The zero-order chi connectivity index (χ0) is 20.1. The molecule has 0 bridgehead atoms. The first kappa shape index (κ1) is 17.2. The molecule has 0 fully saturated rings. The molecule has 0 unspecified atom stereocenters. The molecule has 1 aliphatic rings. The molecule has 0 aliphatic heterocycles. The van der Waals surface area contributed by atoms with Gasteiger partial charge in [0, 0.05) is 18.2 Å². The van der Waals surface area contributed by atoms with E-state index in [-0.39, 0.29) is 11.8 Å². The molecule has 142 valence electrons. The maximum Gasteiger partial charge on any atom is 0.251 e. The number of hydrogen-bond donors (Lipinski definition) is 3. The third kappa shape index (κ3) is 2.53. The summed E-state index contributed by atoms with van der Waals surface area (Å²) in [4.78, 5) is 32.2. The van der Waals surface area contributed by atoms with Crippen LogP contribution in [0, 0.1) is 0 Å². The van der Waals surface area contributed by atoms with Gasteiger partial charge < -0.3 is 16.0 Å². The second kappa shape index (κ2) is 6.31. The minimum atomic E-state index is -0.467. The SMILES string of the molecule is CNC(=O)c1ccc2nc(-c3cccc4c3-c3ccccc3[C@H]4C(N)=O)[nH]c2c1. The van der Waals surface area contributed by atoms with Crippen LogP contribution in [0.4, 0.5) is 0 Å². The molecular weight excluding hydrogens is 364 g/mol. The van der Waals surface area contributed by atoms with E-state index in [2.05, 4.69) is 10.3 Å². The zero-order valence-corrected chi connectivity index (χ0v) is 15.7. The Balaban J connectivity index is 1.72. The molecule has 1 heterocycles. The lowest BCUT2D eigenvalue weighted by Gasteiger charge is -2.09. The van der Waals surface area contributed by atoms with Gasteiger partial charge in [0.05, 0.1) is 17.0 Å². The van der Waals surface area contributed by atoms with Crippen LogP contribution in [0.1, 0.15) is 27.4 Å². The van der Waals surface area contributed by atoms with E-state index in [9.17, 15) is 9.59 Å². The minimum Gasteiger partial charge on any atom is -0.369 e. The van der Waals surface area contributed by atoms with Crippen LogP contribution in [0.3, 0.4) is 0 Å². The second-order valence-electron chi connectivity index (χ2n) is 7.09. The molecule has 0 spiro atoms. The summed E-state index contributed by atoms with van der Waals surface area (Å²) in [7, 11) is 1.60. The van der Waals surface area contributed by atoms with Gasteiger partial charge in [-0.15, -0.1) is 0 Å². The lowest BCUT2D eigenvalue weighted by Crippen LogP contribution is -2.20. The topological polar surface area (TPSA) is 101 Å². The van der Waals surface area contributed by atoms with Crippen molar-refractivity contribution in [1.29, 1.82) is 0 Å². The molecule has 0 radical (unpaired) electrons. The Bertz CT molecular complexity index is 1310. The summed E-state index contributed by atoms with van der Waals surface area (Å²) >= 11 is 0. The van der Waals surface area contributed by atoms with Crippen molar-refractivity contribution >= 4 is 22.8 Å². The van der Waals surface area contributed by atoms with Crippen LogP contribution >= 0.6 is 0 Å². The highest BCUT2D eigenvalue weighted by Crippen LogP contribution is 2.48. The molecule has 1 atom stereocenters. The Kier molecular flexibility index (Phi) is 3.74. The Morgan fingerprint density at radius 1 is 1.00 bits per heavy atom. The highest BCUT2D eigenvalue weighted by atomic mass is 16.2. The number of carbonyl (C=O) groups is 2. The number of fused-ring (bicyclic) bond motifs is 4. The molecule has 0 saturated heterocycles. The summed E-state index contributed by atoms with van der Waals surface area (Å²) in [5, 5.41) is 2.63. The predicted octanol–water partition coefficient (Wildman–Crippen LogP) is 3.19. The number of nitrogens with zero attached hydrogens (tertiary/aromatic N) is 1. The average molecular weight is 382 g/mol. The van der Waals surface area contributed by atoms with Crippen molar-refractivity contribution in [1.82, 2.24) is 15.3 Å². The quantitative estimate of drug-likeness (QED) is 0.507. The molecule has 6 heteroatoms. The van der Waals surface area contributed by atoms with E-state index < -0.39 is 5.92 Å². The molecule has 1 aliphatic carbocycles. The van der Waals surface area contributed by atoms with Crippen molar-refractivity contribution in [2.45, 2.75) is 5.92 Å². The standard InChI is InChI=1S/C23H18N4O2/c1-25-23(29)12-9-10-17-18(11-12)27-22(26-17)16-8-4-7-15-19(16)13-5-2-3-6-14(13)20(15)21(24)28/h2-11,20H,1H3,(H2,24,28)(H,25,29)(H,26,27)/t20-/m1/s1. The minimum absolute atomic E-state index is 0.151. The van der Waals surface area contributed by atoms with E-state index in [4.69, 9.17) is 10.7 Å². The van der Waals surface area contributed by atoms with Crippen LogP contribution in [0.15, 0.2) is 60.7 Å². The first-order chi connectivity index (χ1) is 14.1. The molecule has 2 amide bonds. The van der Waals surface area contributed by atoms with E-state index >= 15 is 0 Å². The normalized spacial score (nSPS) is 14.4. The van der Waals surface area contributed by atoms with Gasteiger partial charge in [0.25, 0.3) is 5.91 Å². The maximum absolute atomic E-state index is 12.2. The zero-order valence-electron chi connectivity index (χ0n) is 15.7. The molecule has 29 heavy (non-hydrogen) atoms. The van der Waals surface area contributed by atoms with Gasteiger partial charge in [-0.1, -0.05) is 42.5 Å². The van der Waals surface area contributed by atoms with Crippen molar-refractivity contribution < 1.29 is 9.59 Å². The molecule has 6 nitrogen and oxygen atoms in total. The highest BCUT2D eigenvalue weighted by molar-refractivity contribution is 6.01. The second-order valence-corrected chi connectivity index (χ2v) is 7.09. The number of carbonyl (C=O) groups excluding carboxylic acids is 2. The summed E-state index contributed by atoms with van der Waals surface area (Å²) in [6, 6.07) is 19.0. The van der Waals surface area contributed by atoms with Gasteiger partial charge in [0.15, 0.2) is 0 Å². The summed E-state index contributed by atoms with van der Waals surface area (Å²) in [6.07, 6.45) is 0. The third-order valence-corrected chi connectivity index (χ3v) is 5.46. The van der Waals surface area contributed by atoms with Crippen LogP contribution in [-0.4, -0.2) is 28.8 Å². The third-order valence-electron chi connectivity index (χ3n) is 5.46. The fraction of sp³-hybridized carbons (Fsp3) is 0.0870. The fourth-order valence-electron chi connectivity index (χ4n) is 4.18. The smallest absolute Gasteiger partial charge is 0.251 e. The van der Waals surface area contributed by atoms with Crippen LogP contribution in [0.2, 0.25) is 0 Å². The molecule has 3 aromatic carbocycles. The highest BCUT2D eigenvalue weighted by Gasteiger charge is 2.34. The first-order valence-electron chi connectivity index (χ1n) is 9.32. The van der Waals surface area contributed by atoms with Crippen molar-refractivity contribution in [2.24, 2.45) is 5.73 Å². The van der Waals surface area contributed by atoms with E-state index in [1.807, 2.05) is 48.5 Å². The van der Waals surface area contributed by atoms with Crippen molar-refractivity contribution in [3.8, 4) is 22.5 Å². The Labute approximate surface area is 166 Å². The van der Waals surface area contributed by atoms with Gasteiger partial charge in [-0.05, 0) is 40.5 Å². The summed E-state index contributed by atoms with van der Waals surface area (Å²) < 4.78 is 0. The van der Waals surface area contributed by atoms with E-state index in [0.717, 1.165) is 38.9 Å². The summed E-state index contributed by atoms with van der Waals surface area (Å²) in [5.74, 6) is -0.300. The number of rotatable bonds is 3. The Morgan fingerprint density at radius 2 is 1.76 bits per heavy atom. The molecule has 0 saturated carbocycles. The van der Waals surface area contributed by atoms with Crippen LogP contribution < -0.4 is 11.1 Å². The lowest BCUT2D eigenvalue weighted by molar-refractivity contribution is -0.118. The summed E-state index contributed by atoms with van der Waals surface area (Å²) in [5.41, 5.74) is 12.5. The van der Waals surface area contributed by atoms with Gasteiger partial charge in [-0.25, -0.2) is 4.98 Å². The number of nitrogens with one attached hydrogen (secondary N) is 2. The van der Waals surface area contributed by atoms with Gasteiger partial charge in [0.2, 0.25) is 5.91 Å². The lowest BCUT2D eigenvalue weighted by atomic mass is 9.95. The van der Waals surface area contributed by atoms with Crippen molar-refractivity contribution in [3.63, 3.8) is 0 Å². The Morgan fingerprint density at radius 3 is 2.55 bits per heavy atom. The largest absolute Gasteiger partial charge is 0.369 e. The molecule has 1 aromatic heterocycles. The van der Waals surface area contributed by atoms with E-state index in [1.165, 1.54) is 0 Å². The number of aromatic amines is 1. The van der Waals surface area contributed by atoms with Crippen molar-refractivity contribution in [2.75, 3.05) is 7.05 Å². The van der Waals surface area contributed by atoms with Crippen LogP contribution in [0.25, 0.3) is 33.5 Å². The molecule has 4 N–H and O–H groups in total. The Hall–Kier alpha value is -3.93. The number of H-pyrrole nitrogens is 1. The monoisotopic (exact) mass is 382 g/mol. The van der Waals surface area contributed by atoms with Crippen molar-refractivity contribution in [3.05, 3.63) is 77.4 Å². The first-order valence-corrected chi connectivity index (χ1v) is 9.32. The van der Waals surface area contributed by atoms with E-state index in [1.54, 1.807) is 19.2 Å². The number of benzene rings is 3. The number of nitrogens with two attached hydrogens (primary N) is 1.